The third-order valence-corrected chi connectivity index (χ3v) is 4.98. The van der Waals surface area contributed by atoms with Crippen LogP contribution in [0.5, 0.6) is 11.8 Å². The number of unbranched alkanes of at least 4 members (excludes halogenated alkanes) is 1. The highest BCUT2D eigenvalue weighted by molar-refractivity contribution is 5.72. The van der Waals surface area contributed by atoms with Crippen LogP contribution in [0.2, 0.25) is 0 Å². The molecule has 150 valence electrons. The highest BCUT2D eigenvalue weighted by Crippen LogP contribution is 2.28. The SMILES string of the molecule is CCCCn1c(Oc2ccc(C(C)(C)C)cc2)nc2c1c(=O)n(C)c(=O)n2C. The summed E-state index contributed by atoms with van der Waals surface area (Å²) in [4.78, 5) is 29.5. The summed E-state index contributed by atoms with van der Waals surface area (Å²) in [5.74, 6) is 0.642. The minimum atomic E-state index is -0.404. The summed E-state index contributed by atoms with van der Waals surface area (Å²) in [5, 5.41) is 0. The Balaban J connectivity index is 2.12. The zero-order chi connectivity index (χ0) is 20.6. The number of benzene rings is 1. The fraction of sp³-hybridized carbons (Fsp3) is 0.476. The first-order valence-electron chi connectivity index (χ1n) is 9.59. The fourth-order valence-corrected chi connectivity index (χ4v) is 3.16. The van der Waals surface area contributed by atoms with Gasteiger partial charge in [-0.3, -0.25) is 18.5 Å². The van der Waals surface area contributed by atoms with E-state index < -0.39 is 5.69 Å². The monoisotopic (exact) mass is 384 g/mol. The van der Waals surface area contributed by atoms with Gasteiger partial charge in [-0.15, -0.1) is 0 Å². The molecule has 0 unspecified atom stereocenters. The maximum absolute atomic E-state index is 12.7. The number of ether oxygens (including phenoxy) is 1. The van der Waals surface area contributed by atoms with Crippen LogP contribution in [0.25, 0.3) is 11.2 Å². The largest absolute Gasteiger partial charge is 0.425 e. The molecule has 0 atom stereocenters. The molecule has 0 aliphatic carbocycles. The molecule has 2 aromatic heterocycles. The van der Waals surface area contributed by atoms with Crippen LogP contribution in [0.4, 0.5) is 0 Å². The average molecular weight is 384 g/mol. The minimum absolute atomic E-state index is 0.0529. The van der Waals surface area contributed by atoms with Crippen LogP contribution in [0.3, 0.4) is 0 Å². The van der Waals surface area contributed by atoms with E-state index in [2.05, 4.69) is 32.7 Å². The zero-order valence-corrected chi connectivity index (χ0v) is 17.4. The summed E-state index contributed by atoms with van der Waals surface area (Å²) in [5.41, 5.74) is 1.22. The lowest BCUT2D eigenvalue weighted by molar-refractivity contribution is 0.410. The highest BCUT2D eigenvalue weighted by atomic mass is 16.5. The molecule has 0 radical (unpaired) electrons. The smallest absolute Gasteiger partial charge is 0.332 e. The number of aryl methyl sites for hydroxylation is 2. The lowest BCUT2D eigenvalue weighted by Crippen LogP contribution is -2.37. The summed E-state index contributed by atoms with van der Waals surface area (Å²) in [6.45, 7) is 9.14. The molecule has 0 spiro atoms. The van der Waals surface area contributed by atoms with Gasteiger partial charge in [0.1, 0.15) is 5.75 Å². The Labute approximate surface area is 164 Å². The highest BCUT2D eigenvalue weighted by Gasteiger charge is 2.20. The van der Waals surface area contributed by atoms with E-state index in [0.29, 0.717) is 29.5 Å². The summed E-state index contributed by atoms with van der Waals surface area (Å²) >= 11 is 0. The Bertz CT molecular complexity index is 1110. The van der Waals surface area contributed by atoms with Crippen LogP contribution in [0, 0.1) is 0 Å². The number of nitrogens with zero attached hydrogens (tertiary/aromatic N) is 4. The van der Waals surface area contributed by atoms with Gasteiger partial charge < -0.3 is 4.74 Å². The molecule has 1 aromatic carbocycles. The minimum Gasteiger partial charge on any atom is -0.425 e. The lowest BCUT2D eigenvalue weighted by Gasteiger charge is -2.19. The number of rotatable bonds is 5. The second kappa shape index (κ2) is 7.30. The van der Waals surface area contributed by atoms with Crippen molar-refractivity contribution in [3.05, 3.63) is 50.7 Å². The summed E-state index contributed by atoms with van der Waals surface area (Å²) in [6.07, 6.45) is 1.84. The molecule has 0 aliphatic heterocycles. The maximum atomic E-state index is 12.7. The van der Waals surface area contributed by atoms with Crippen molar-refractivity contribution in [3.63, 3.8) is 0 Å². The van der Waals surface area contributed by atoms with E-state index in [1.165, 1.54) is 17.2 Å². The van der Waals surface area contributed by atoms with Crippen molar-refractivity contribution in [3.8, 4) is 11.8 Å². The predicted octanol–water partition coefficient (Wildman–Crippen LogP) is 3.32. The molecule has 0 amide bonds. The standard InChI is InChI=1S/C21H28N4O3/c1-7-8-13-25-16-17(23(5)20(27)24(6)18(16)26)22-19(25)28-15-11-9-14(10-12-15)21(2,3)4/h9-12H,7-8,13H2,1-6H3. The summed E-state index contributed by atoms with van der Waals surface area (Å²) in [6, 6.07) is 8.19. The number of imidazole rings is 1. The first-order chi connectivity index (χ1) is 13.1. The summed E-state index contributed by atoms with van der Waals surface area (Å²) < 4.78 is 10.3. The second-order valence-electron chi connectivity index (χ2n) is 8.15. The van der Waals surface area contributed by atoms with Crippen molar-refractivity contribution in [2.75, 3.05) is 0 Å². The predicted molar refractivity (Wildman–Crippen MR) is 110 cm³/mol. The van der Waals surface area contributed by atoms with Gasteiger partial charge in [-0.25, -0.2) is 4.79 Å². The van der Waals surface area contributed by atoms with Gasteiger partial charge in [0.25, 0.3) is 5.56 Å². The van der Waals surface area contributed by atoms with Crippen molar-refractivity contribution >= 4 is 11.2 Å². The van der Waals surface area contributed by atoms with Crippen molar-refractivity contribution in [2.45, 2.75) is 52.5 Å². The van der Waals surface area contributed by atoms with Crippen molar-refractivity contribution < 1.29 is 4.74 Å². The average Bonchev–Trinajstić information content (AvgIpc) is 3.01. The Morgan fingerprint density at radius 2 is 1.68 bits per heavy atom. The van der Waals surface area contributed by atoms with Crippen LogP contribution < -0.4 is 16.0 Å². The Kier molecular flexibility index (Phi) is 5.19. The molecule has 28 heavy (non-hydrogen) atoms. The van der Waals surface area contributed by atoms with E-state index in [1.54, 1.807) is 11.6 Å². The molecular weight excluding hydrogens is 356 g/mol. The van der Waals surface area contributed by atoms with Crippen LogP contribution in [0.15, 0.2) is 33.9 Å². The first kappa shape index (κ1) is 19.9. The van der Waals surface area contributed by atoms with Crippen molar-refractivity contribution in [1.29, 1.82) is 0 Å². The molecule has 7 heteroatoms. The second-order valence-corrected chi connectivity index (χ2v) is 8.15. The normalized spacial score (nSPS) is 11.9. The van der Waals surface area contributed by atoms with Crippen LogP contribution >= 0.6 is 0 Å². The Hall–Kier alpha value is -2.83. The van der Waals surface area contributed by atoms with E-state index in [0.717, 1.165) is 17.4 Å². The van der Waals surface area contributed by atoms with Gasteiger partial charge in [-0.2, -0.15) is 4.98 Å². The van der Waals surface area contributed by atoms with E-state index in [1.807, 2.05) is 24.3 Å². The van der Waals surface area contributed by atoms with Gasteiger partial charge in [0.15, 0.2) is 11.2 Å². The molecule has 0 fully saturated rings. The molecule has 2 heterocycles. The van der Waals surface area contributed by atoms with Gasteiger partial charge in [-0.05, 0) is 29.5 Å². The van der Waals surface area contributed by atoms with Gasteiger partial charge in [-0.1, -0.05) is 46.2 Å². The van der Waals surface area contributed by atoms with Gasteiger partial charge in [0.2, 0.25) is 0 Å². The van der Waals surface area contributed by atoms with Gasteiger partial charge in [0, 0.05) is 20.6 Å². The molecule has 3 aromatic rings. The number of aromatic nitrogens is 4. The Morgan fingerprint density at radius 1 is 1.04 bits per heavy atom. The Morgan fingerprint density at radius 3 is 2.25 bits per heavy atom. The molecule has 0 saturated carbocycles. The van der Waals surface area contributed by atoms with Crippen LogP contribution in [-0.2, 0) is 26.1 Å². The molecular formula is C21H28N4O3. The number of hydrogen-bond donors (Lipinski definition) is 0. The van der Waals surface area contributed by atoms with Gasteiger partial charge >= 0.3 is 11.7 Å². The number of hydrogen-bond acceptors (Lipinski definition) is 4. The molecule has 0 saturated heterocycles. The third kappa shape index (κ3) is 3.48. The van der Waals surface area contributed by atoms with Crippen molar-refractivity contribution in [1.82, 2.24) is 18.7 Å². The van der Waals surface area contributed by atoms with Crippen molar-refractivity contribution in [2.24, 2.45) is 14.1 Å². The zero-order valence-electron chi connectivity index (χ0n) is 17.4. The van der Waals surface area contributed by atoms with E-state index in [-0.39, 0.29) is 11.0 Å². The van der Waals surface area contributed by atoms with Crippen LogP contribution in [0.1, 0.15) is 46.1 Å². The maximum Gasteiger partial charge on any atom is 0.332 e. The third-order valence-electron chi connectivity index (χ3n) is 4.98. The topological polar surface area (TPSA) is 71.1 Å². The van der Waals surface area contributed by atoms with E-state index in [9.17, 15) is 9.59 Å². The number of fused-ring (bicyclic) bond motifs is 1. The first-order valence-corrected chi connectivity index (χ1v) is 9.59. The fourth-order valence-electron chi connectivity index (χ4n) is 3.16. The molecule has 3 rings (SSSR count). The molecule has 7 nitrogen and oxygen atoms in total. The van der Waals surface area contributed by atoms with E-state index >= 15 is 0 Å². The quantitative estimate of drug-likeness (QED) is 0.676. The van der Waals surface area contributed by atoms with E-state index in [4.69, 9.17) is 4.74 Å². The van der Waals surface area contributed by atoms with Gasteiger partial charge in [0.05, 0.1) is 0 Å². The molecule has 0 aliphatic rings. The molecule has 0 bridgehead atoms. The summed E-state index contributed by atoms with van der Waals surface area (Å²) in [7, 11) is 3.09. The van der Waals surface area contributed by atoms with Crippen LogP contribution in [-0.4, -0.2) is 18.7 Å². The molecule has 0 N–H and O–H groups in total. The lowest BCUT2D eigenvalue weighted by atomic mass is 9.87.